The summed E-state index contributed by atoms with van der Waals surface area (Å²) in [5.41, 5.74) is 1.82. The highest BCUT2D eigenvalue weighted by atomic mass is 35.5. The van der Waals surface area contributed by atoms with E-state index in [1.807, 2.05) is 48.5 Å². The second-order valence-electron chi connectivity index (χ2n) is 8.13. The molecule has 4 aromatic carbocycles. The van der Waals surface area contributed by atoms with E-state index in [9.17, 15) is 13.2 Å². The summed E-state index contributed by atoms with van der Waals surface area (Å²) >= 11 is 6.11. The van der Waals surface area contributed by atoms with Gasteiger partial charge in [0.1, 0.15) is 11.5 Å². The molecule has 1 amide bonds. The van der Waals surface area contributed by atoms with Gasteiger partial charge in [-0.2, -0.15) is 0 Å². The van der Waals surface area contributed by atoms with E-state index in [-0.39, 0.29) is 18.0 Å². The normalized spacial score (nSPS) is 11.1. The van der Waals surface area contributed by atoms with Gasteiger partial charge in [0.15, 0.2) is 12.4 Å². The second kappa shape index (κ2) is 11.9. The van der Waals surface area contributed by atoms with E-state index in [2.05, 4.69) is 10.0 Å². The van der Waals surface area contributed by atoms with Gasteiger partial charge in [-0.3, -0.25) is 4.79 Å². The van der Waals surface area contributed by atoms with Gasteiger partial charge in [-0.1, -0.05) is 60.1 Å². The number of aryl methyl sites for hydroxylation is 1. The van der Waals surface area contributed by atoms with Crippen LogP contribution in [0, 0.1) is 6.92 Å². The number of para-hydroxylation sites is 1. The lowest BCUT2D eigenvalue weighted by Crippen LogP contribution is -2.23. The minimum absolute atomic E-state index is 0.111. The molecule has 0 fully saturated rings. The molecule has 2 N–H and O–H groups in total. The molecule has 9 heteroatoms. The molecule has 0 aliphatic heterocycles. The summed E-state index contributed by atoms with van der Waals surface area (Å²) in [7, 11) is -3.72. The predicted octanol–water partition coefficient (Wildman–Crippen LogP) is 5.94. The number of ether oxygens (including phenoxy) is 2. The van der Waals surface area contributed by atoms with Crippen molar-refractivity contribution in [3.8, 4) is 17.2 Å². The maximum atomic E-state index is 12.7. The lowest BCUT2D eigenvalue weighted by atomic mass is 10.2. The van der Waals surface area contributed by atoms with Gasteiger partial charge in [0.25, 0.3) is 5.91 Å². The molecule has 0 aliphatic rings. The van der Waals surface area contributed by atoms with Crippen LogP contribution in [0.1, 0.15) is 11.1 Å². The van der Waals surface area contributed by atoms with Crippen LogP contribution in [-0.4, -0.2) is 20.9 Å². The molecule has 0 atom stereocenters. The molecule has 0 saturated carbocycles. The van der Waals surface area contributed by atoms with Gasteiger partial charge < -0.3 is 14.8 Å². The second-order valence-corrected chi connectivity index (χ2v) is 10.3. The standard InChI is InChI=1S/C28H25ClN2O5S/c1-20-16-24(37(33,34)30-18-21-8-4-2-5-9-21)13-15-26(20)35-19-28(32)31-25-17-22(29)12-14-27(25)36-23-10-6-3-7-11-23/h2-17,30H,18-19H2,1H3,(H,31,32). The number of sulfonamides is 1. The summed E-state index contributed by atoms with van der Waals surface area (Å²) in [5.74, 6) is 1.00. The van der Waals surface area contributed by atoms with Crippen molar-refractivity contribution in [2.45, 2.75) is 18.4 Å². The molecule has 0 aromatic heterocycles. The molecule has 0 unspecified atom stereocenters. The molecule has 0 bridgehead atoms. The Labute approximate surface area is 221 Å². The number of amides is 1. The summed E-state index contributed by atoms with van der Waals surface area (Å²) in [6.45, 7) is 1.60. The summed E-state index contributed by atoms with van der Waals surface area (Å²) in [6, 6.07) is 27.8. The van der Waals surface area contributed by atoms with Gasteiger partial charge in [-0.15, -0.1) is 0 Å². The lowest BCUT2D eigenvalue weighted by molar-refractivity contribution is -0.118. The number of benzene rings is 4. The highest BCUT2D eigenvalue weighted by Crippen LogP contribution is 2.32. The van der Waals surface area contributed by atoms with E-state index in [4.69, 9.17) is 21.1 Å². The van der Waals surface area contributed by atoms with E-state index >= 15 is 0 Å². The number of halogens is 1. The fourth-order valence-electron chi connectivity index (χ4n) is 3.44. The van der Waals surface area contributed by atoms with Crippen LogP contribution in [0.5, 0.6) is 17.2 Å². The zero-order valence-electron chi connectivity index (χ0n) is 20.0. The van der Waals surface area contributed by atoms with Crippen LogP contribution in [0.25, 0.3) is 0 Å². The predicted molar refractivity (Wildman–Crippen MR) is 144 cm³/mol. The third-order valence-corrected chi connectivity index (χ3v) is 6.95. The van der Waals surface area contributed by atoms with Crippen molar-refractivity contribution in [2.24, 2.45) is 0 Å². The molecule has 4 rings (SSSR count). The van der Waals surface area contributed by atoms with Crippen LogP contribution in [0.15, 0.2) is 102 Å². The highest BCUT2D eigenvalue weighted by Gasteiger charge is 2.16. The molecule has 7 nitrogen and oxygen atoms in total. The van der Waals surface area contributed by atoms with Crippen LogP contribution in [0.2, 0.25) is 5.02 Å². The number of hydrogen-bond donors (Lipinski definition) is 2. The first kappa shape index (κ1) is 26.2. The van der Waals surface area contributed by atoms with E-state index in [0.29, 0.717) is 33.5 Å². The van der Waals surface area contributed by atoms with E-state index < -0.39 is 15.9 Å². The number of nitrogens with one attached hydrogen (secondary N) is 2. The molecule has 0 radical (unpaired) electrons. The Bertz CT molecular complexity index is 1480. The van der Waals surface area contributed by atoms with Gasteiger partial charge >= 0.3 is 0 Å². The Kier molecular flexibility index (Phi) is 8.45. The van der Waals surface area contributed by atoms with Gasteiger partial charge in [0, 0.05) is 11.6 Å². The molecule has 190 valence electrons. The monoisotopic (exact) mass is 536 g/mol. The third kappa shape index (κ3) is 7.33. The van der Waals surface area contributed by atoms with E-state index in [1.54, 1.807) is 37.3 Å². The van der Waals surface area contributed by atoms with Crippen molar-refractivity contribution in [3.05, 3.63) is 113 Å². The SMILES string of the molecule is Cc1cc(S(=O)(=O)NCc2ccccc2)ccc1OCC(=O)Nc1cc(Cl)ccc1Oc1ccccc1. The molecule has 37 heavy (non-hydrogen) atoms. The topological polar surface area (TPSA) is 93.7 Å². The van der Waals surface area contributed by atoms with Crippen LogP contribution in [0.4, 0.5) is 5.69 Å². The first-order valence-electron chi connectivity index (χ1n) is 11.4. The van der Waals surface area contributed by atoms with Crippen molar-refractivity contribution in [3.63, 3.8) is 0 Å². The van der Waals surface area contributed by atoms with Crippen LogP contribution in [-0.2, 0) is 21.4 Å². The molecule has 0 spiro atoms. The largest absolute Gasteiger partial charge is 0.483 e. The lowest BCUT2D eigenvalue weighted by Gasteiger charge is -2.14. The number of carbonyl (C=O) groups excluding carboxylic acids is 1. The summed E-state index contributed by atoms with van der Waals surface area (Å²) in [6.07, 6.45) is 0. The van der Waals surface area contributed by atoms with Crippen molar-refractivity contribution in [1.82, 2.24) is 4.72 Å². The summed E-state index contributed by atoms with van der Waals surface area (Å²) in [4.78, 5) is 12.7. The maximum Gasteiger partial charge on any atom is 0.262 e. The number of anilines is 1. The minimum atomic E-state index is -3.72. The molecule has 0 aliphatic carbocycles. The number of carbonyl (C=O) groups is 1. The molecule has 0 heterocycles. The number of hydrogen-bond acceptors (Lipinski definition) is 5. The smallest absolute Gasteiger partial charge is 0.262 e. The van der Waals surface area contributed by atoms with Crippen LogP contribution >= 0.6 is 11.6 Å². The fourth-order valence-corrected chi connectivity index (χ4v) is 4.72. The van der Waals surface area contributed by atoms with Gasteiger partial charge in [0.05, 0.1) is 10.6 Å². The quantitative estimate of drug-likeness (QED) is 0.262. The van der Waals surface area contributed by atoms with Gasteiger partial charge in [-0.05, 0) is 66.6 Å². The summed E-state index contributed by atoms with van der Waals surface area (Å²) < 4.78 is 39.5. The summed E-state index contributed by atoms with van der Waals surface area (Å²) in [5, 5.41) is 3.19. The molecular formula is C28H25ClN2O5S. The molecule has 0 saturated heterocycles. The Morgan fingerprint density at radius 1 is 0.865 bits per heavy atom. The Hall–Kier alpha value is -3.85. The van der Waals surface area contributed by atoms with Crippen molar-refractivity contribution < 1.29 is 22.7 Å². The number of rotatable bonds is 10. The molecular weight excluding hydrogens is 512 g/mol. The van der Waals surface area contributed by atoms with Gasteiger partial charge in [-0.25, -0.2) is 13.1 Å². The first-order chi connectivity index (χ1) is 17.8. The Balaban J connectivity index is 1.37. The fraction of sp³-hybridized carbons (Fsp3) is 0.107. The van der Waals surface area contributed by atoms with Crippen molar-refractivity contribution >= 4 is 33.2 Å². The highest BCUT2D eigenvalue weighted by molar-refractivity contribution is 7.89. The Morgan fingerprint density at radius 2 is 1.54 bits per heavy atom. The van der Waals surface area contributed by atoms with E-state index in [0.717, 1.165) is 5.56 Å². The minimum Gasteiger partial charge on any atom is -0.483 e. The van der Waals surface area contributed by atoms with Crippen LogP contribution < -0.4 is 19.5 Å². The zero-order valence-corrected chi connectivity index (χ0v) is 21.6. The first-order valence-corrected chi connectivity index (χ1v) is 13.3. The maximum absolute atomic E-state index is 12.7. The van der Waals surface area contributed by atoms with E-state index in [1.165, 1.54) is 18.2 Å². The average Bonchev–Trinajstić information content (AvgIpc) is 2.89. The van der Waals surface area contributed by atoms with Crippen LogP contribution in [0.3, 0.4) is 0 Å². The molecule has 4 aromatic rings. The Morgan fingerprint density at radius 3 is 2.24 bits per heavy atom. The third-order valence-electron chi connectivity index (χ3n) is 5.31. The average molecular weight is 537 g/mol. The zero-order chi connectivity index (χ0) is 26.3. The van der Waals surface area contributed by atoms with Crippen molar-refractivity contribution in [1.29, 1.82) is 0 Å². The van der Waals surface area contributed by atoms with Crippen molar-refractivity contribution in [2.75, 3.05) is 11.9 Å². The van der Waals surface area contributed by atoms with Gasteiger partial charge in [0.2, 0.25) is 10.0 Å².